The number of nitrogens with one attached hydrogen (secondary N) is 1. The number of thiazole rings is 1. The highest BCUT2D eigenvalue weighted by molar-refractivity contribution is 7.09. The Balaban J connectivity index is 1.30. The number of hydrogen-bond donors (Lipinski definition) is 1. The molecule has 4 rings (SSSR count). The fourth-order valence-electron chi connectivity index (χ4n) is 3.25. The van der Waals surface area contributed by atoms with Crippen LogP contribution in [0.25, 0.3) is 0 Å². The Morgan fingerprint density at radius 1 is 1.06 bits per heavy atom. The summed E-state index contributed by atoms with van der Waals surface area (Å²) < 4.78 is 7.57. The van der Waals surface area contributed by atoms with E-state index < -0.39 is 0 Å². The van der Waals surface area contributed by atoms with Gasteiger partial charge in [-0.1, -0.05) is 48.9 Å². The summed E-state index contributed by atoms with van der Waals surface area (Å²) in [6.45, 7) is 5.17. The van der Waals surface area contributed by atoms with E-state index in [4.69, 9.17) is 4.74 Å². The van der Waals surface area contributed by atoms with Crippen LogP contribution in [0.3, 0.4) is 0 Å². The number of nitrogens with zero attached hydrogens (tertiary/aromatic N) is 3. The van der Waals surface area contributed by atoms with Crippen LogP contribution in [-0.4, -0.2) is 20.7 Å². The number of rotatable bonds is 9. The van der Waals surface area contributed by atoms with E-state index in [0.29, 0.717) is 19.0 Å². The molecule has 32 heavy (non-hydrogen) atoms. The molecule has 0 atom stereocenters. The van der Waals surface area contributed by atoms with Crippen LogP contribution < -0.4 is 10.1 Å². The third kappa shape index (κ3) is 5.82. The maximum Gasteiger partial charge on any atom is 0.231 e. The molecular weight excluding hydrogens is 420 g/mol. The van der Waals surface area contributed by atoms with Crippen molar-refractivity contribution in [3.8, 4) is 5.75 Å². The molecule has 0 aliphatic carbocycles. The van der Waals surface area contributed by atoms with Crippen LogP contribution >= 0.6 is 11.3 Å². The van der Waals surface area contributed by atoms with E-state index in [9.17, 15) is 4.79 Å². The maximum atomic E-state index is 12.6. The van der Waals surface area contributed by atoms with Crippen LogP contribution in [0.4, 0.5) is 5.82 Å². The lowest BCUT2D eigenvalue weighted by Gasteiger charge is -2.09. The number of aryl methyl sites for hydroxylation is 2. The summed E-state index contributed by atoms with van der Waals surface area (Å²) in [4.78, 5) is 17.1. The first-order chi connectivity index (χ1) is 15.6. The molecule has 2 aromatic heterocycles. The van der Waals surface area contributed by atoms with Gasteiger partial charge in [0.2, 0.25) is 5.91 Å². The van der Waals surface area contributed by atoms with E-state index in [1.165, 1.54) is 22.5 Å². The molecule has 0 saturated carbocycles. The summed E-state index contributed by atoms with van der Waals surface area (Å²) in [5, 5.41) is 10.0. The van der Waals surface area contributed by atoms with Crippen molar-refractivity contribution in [2.24, 2.45) is 0 Å². The molecule has 1 N–H and O–H groups in total. The summed E-state index contributed by atoms with van der Waals surface area (Å²) in [5.41, 5.74) is 4.36. The quantitative estimate of drug-likeness (QED) is 0.392. The number of hydrogen-bond acceptors (Lipinski definition) is 5. The lowest BCUT2D eigenvalue weighted by Crippen LogP contribution is -2.18. The van der Waals surface area contributed by atoms with Gasteiger partial charge in [0.25, 0.3) is 0 Å². The first kappa shape index (κ1) is 21.8. The SMILES string of the molecule is CCc1ccc(Cn2nccc2NC(=O)Cc2csc(COc3ccc(C)cc3)n2)cc1. The topological polar surface area (TPSA) is 69.0 Å². The molecule has 4 aromatic rings. The van der Waals surface area contributed by atoms with Gasteiger partial charge in [-0.2, -0.15) is 5.10 Å². The smallest absolute Gasteiger partial charge is 0.231 e. The molecule has 0 aliphatic rings. The molecule has 0 spiro atoms. The fraction of sp³-hybridized carbons (Fsp3) is 0.240. The van der Waals surface area contributed by atoms with Crippen molar-refractivity contribution in [3.63, 3.8) is 0 Å². The number of benzene rings is 2. The van der Waals surface area contributed by atoms with E-state index in [1.54, 1.807) is 16.9 Å². The lowest BCUT2D eigenvalue weighted by molar-refractivity contribution is -0.115. The van der Waals surface area contributed by atoms with Gasteiger partial charge >= 0.3 is 0 Å². The van der Waals surface area contributed by atoms with E-state index >= 15 is 0 Å². The van der Waals surface area contributed by atoms with Crippen molar-refractivity contribution in [3.05, 3.63) is 93.6 Å². The molecule has 0 aliphatic heterocycles. The van der Waals surface area contributed by atoms with Crippen LogP contribution in [0.5, 0.6) is 5.75 Å². The molecular formula is C25H26N4O2S. The summed E-state index contributed by atoms with van der Waals surface area (Å²) >= 11 is 1.50. The standard InChI is InChI=1S/C25H26N4O2S/c1-3-19-6-8-20(9-7-19)15-29-23(12-13-26-29)28-24(30)14-21-17-32-25(27-21)16-31-22-10-4-18(2)5-11-22/h4-13,17H,3,14-16H2,1-2H3,(H,28,30). The van der Waals surface area contributed by atoms with Crippen LogP contribution in [0.15, 0.2) is 66.2 Å². The largest absolute Gasteiger partial charge is 0.486 e. The number of aromatic nitrogens is 3. The van der Waals surface area contributed by atoms with Gasteiger partial charge in [0.1, 0.15) is 23.2 Å². The molecule has 2 aromatic carbocycles. The van der Waals surface area contributed by atoms with Gasteiger partial charge in [-0.15, -0.1) is 11.3 Å². The average molecular weight is 447 g/mol. The zero-order valence-electron chi connectivity index (χ0n) is 18.2. The molecule has 6 nitrogen and oxygen atoms in total. The average Bonchev–Trinajstić information content (AvgIpc) is 3.43. The van der Waals surface area contributed by atoms with Gasteiger partial charge in [-0.25, -0.2) is 9.67 Å². The highest BCUT2D eigenvalue weighted by Crippen LogP contribution is 2.17. The molecule has 1 amide bonds. The first-order valence-corrected chi connectivity index (χ1v) is 11.5. The van der Waals surface area contributed by atoms with Crippen molar-refractivity contribution in [2.45, 2.75) is 39.8 Å². The normalized spacial score (nSPS) is 10.8. The highest BCUT2D eigenvalue weighted by Gasteiger charge is 2.11. The minimum absolute atomic E-state index is 0.121. The predicted octanol–water partition coefficient (Wildman–Crippen LogP) is 5.02. The second kappa shape index (κ2) is 10.2. The summed E-state index contributed by atoms with van der Waals surface area (Å²) in [6, 6.07) is 18.2. The minimum atomic E-state index is -0.121. The van der Waals surface area contributed by atoms with E-state index in [2.05, 4.69) is 46.6 Å². The zero-order valence-corrected chi connectivity index (χ0v) is 19.1. The molecule has 0 bridgehead atoms. The van der Waals surface area contributed by atoms with Crippen molar-refractivity contribution in [1.82, 2.24) is 14.8 Å². The number of carbonyl (C=O) groups is 1. The molecule has 164 valence electrons. The van der Waals surface area contributed by atoms with Gasteiger partial charge in [-0.05, 0) is 36.6 Å². The van der Waals surface area contributed by atoms with Crippen LogP contribution in [0.1, 0.15) is 34.3 Å². The fourth-order valence-corrected chi connectivity index (χ4v) is 3.95. The Hall–Kier alpha value is -3.45. The van der Waals surface area contributed by atoms with Crippen molar-refractivity contribution in [2.75, 3.05) is 5.32 Å². The Morgan fingerprint density at radius 3 is 2.56 bits per heavy atom. The van der Waals surface area contributed by atoms with Gasteiger partial charge in [0, 0.05) is 11.4 Å². The van der Waals surface area contributed by atoms with Crippen molar-refractivity contribution in [1.29, 1.82) is 0 Å². The van der Waals surface area contributed by atoms with E-state index in [1.807, 2.05) is 36.6 Å². The maximum absolute atomic E-state index is 12.6. The van der Waals surface area contributed by atoms with Crippen molar-refractivity contribution < 1.29 is 9.53 Å². The highest BCUT2D eigenvalue weighted by atomic mass is 32.1. The molecule has 0 saturated heterocycles. The number of ether oxygens (including phenoxy) is 1. The molecule has 0 unspecified atom stereocenters. The Morgan fingerprint density at radius 2 is 1.81 bits per heavy atom. The summed E-state index contributed by atoms with van der Waals surface area (Å²) in [6.07, 6.45) is 2.91. The van der Waals surface area contributed by atoms with Gasteiger partial charge in [0.15, 0.2) is 0 Å². The number of amides is 1. The van der Waals surface area contributed by atoms with E-state index in [-0.39, 0.29) is 12.3 Å². The summed E-state index contributed by atoms with van der Waals surface area (Å²) in [7, 11) is 0. The predicted molar refractivity (Wildman–Crippen MR) is 127 cm³/mol. The number of carbonyl (C=O) groups excluding carboxylic acids is 1. The van der Waals surface area contributed by atoms with E-state index in [0.717, 1.165) is 28.4 Å². The Bertz CT molecular complexity index is 1160. The molecule has 2 heterocycles. The third-order valence-corrected chi connectivity index (χ3v) is 5.94. The summed E-state index contributed by atoms with van der Waals surface area (Å²) in [5.74, 6) is 1.36. The zero-order chi connectivity index (χ0) is 22.3. The Labute approximate surface area is 191 Å². The van der Waals surface area contributed by atoms with Crippen LogP contribution in [0.2, 0.25) is 0 Å². The van der Waals surface area contributed by atoms with Crippen LogP contribution in [0, 0.1) is 6.92 Å². The van der Waals surface area contributed by atoms with Gasteiger partial charge in [-0.3, -0.25) is 4.79 Å². The van der Waals surface area contributed by atoms with Crippen molar-refractivity contribution >= 4 is 23.1 Å². The monoisotopic (exact) mass is 446 g/mol. The molecule has 7 heteroatoms. The first-order valence-electron chi connectivity index (χ1n) is 10.6. The molecule has 0 fully saturated rings. The van der Waals surface area contributed by atoms with Gasteiger partial charge in [0.05, 0.1) is 24.9 Å². The third-order valence-electron chi connectivity index (χ3n) is 5.07. The Kier molecular flexibility index (Phi) is 6.97. The lowest BCUT2D eigenvalue weighted by atomic mass is 10.1. The second-order valence-electron chi connectivity index (χ2n) is 7.60. The van der Waals surface area contributed by atoms with Crippen LogP contribution in [-0.2, 0) is 30.8 Å². The second-order valence-corrected chi connectivity index (χ2v) is 8.55. The van der Waals surface area contributed by atoms with Gasteiger partial charge < -0.3 is 10.1 Å². The minimum Gasteiger partial charge on any atom is -0.486 e. The number of anilines is 1. The molecule has 0 radical (unpaired) electrons.